The molecule has 1 aliphatic rings. The number of nitrogens with zero attached hydrogens (tertiary/aromatic N) is 2. The molecule has 1 heterocycles. The molecule has 1 N–H and O–H groups in total. The minimum atomic E-state index is -4.69. The van der Waals surface area contributed by atoms with E-state index in [0.29, 0.717) is 17.1 Å². The van der Waals surface area contributed by atoms with Gasteiger partial charge in [-0.15, -0.1) is 0 Å². The molecule has 1 amide bonds. The summed E-state index contributed by atoms with van der Waals surface area (Å²) in [4.78, 5) is 12.5. The van der Waals surface area contributed by atoms with Crippen LogP contribution in [0.25, 0.3) is 5.57 Å². The molecule has 1 aliphatic carbocycles. The van der Waals surface area contributed by atoms with Gasteiger partial charge < -0.3 is 5.32 Å². The molecule has 0 saturated carbocycles. The Balaban J connectivity index is 1.93. The van der Waals surface area contributed by atoms with E-state index in [9.17, 15) is 18.0 Å². The second-order valence-electron chi connectivity index (χ2n) is 6.19. The number of aromatic nitrogens is 2. The van der Waals surface area contributed by atoms with Gasteiger partial charge in [-0.05, 0) is 49.0 Å². The highest BCUT2D eigenvalue weighted by Gasteiger charge is 2.39. The summed E-state index contributed by atoms with van der Waals surface area (Å²) >= 11 is 5.91. The Kier molecular flexibility index (Phi) is 5.09. The second kappa shape index (κ2) is 7.15. The molecular weight excluding hydrogens is 367 g/mol. The van der Waals surface area contributed by atoms with Crippen molar-refractivity contribution in [3.63, 3.8) is 0 Å². The van der Waals surface area contributed by atoms with Crippen molar-refractivity contribution >= 4 is 23.1 Å². The van der Waals surface area contributed by atoms with Crippen LogP contribution in [-0.2, 0) is 13.2 Å². The first-order valence-corrected chi connectivity index (χ1v) is 8.53. The van der Waals surface area contributed by atoms with Gasteiger partial charge in [0.2, 0.25) is 0 Å². The van der Waals surface area contributed by atoms with Crippen molar-refractivity contribution in [2.75, 3.05) is 0 Å². The summed E-state index contributed by atoms with van der Waals surface area (Å²) in [5.41, 5.74) is 0.835. The van der Waals surface area contributed by atoms with Gasteiger partial charge in [0.05, 0.1) is 5.56 Å². The number of amides is 1. The molecule has 138 valence electrons. The van der Waals surface area contributed by atoms with Gasteiger partial charge in [0, 0.05) is 24.0 Å². The average Bonchev–Trinajstić information content (AvgIpc) is 2.99. The van der Waals surface area contributed by atoms with Crippen LogP contribution >= 0.6 is 11.6 Å². The van der Waals surface area contributed by atoms with Gasteiger partial charge in [-0.3, -0.25) is 9.48 Å². The molecule has 0 spiro atoms. The lowest BCUT2D eigenvalue weighted by atomic mass is 9.91. The van der Waals surface area contributed by atoms with Crippen LogP contribution in [0.1, 0.15) is 47.3 Å². The molecule has 26 heavy (non-hydrogen) atoms. The average molecular weight is 384 g/mol. The number of alkyl halides is 3. The zero-order valence-electron chi connectivity index (χ0n) is 14.0. The molecule has 3 rings (SSSR count). The fraction of sp³-hybridized carbons (Fsp3) is 0.333. The van der Waals surface area contributed by atoms with E-state index in [1.165, 1.54) is 7.05 Å². The standard InChI is InChI=1S/C18H17ClF3N3O/c1-25-10-14(16(24-25)18(20,21)22)17(26)23-15-5-3-2-4-13(15)11-6-8-12(19)9-7-11/h6-10H,2-5H2,1H3,(H,23,26). The highest BCUT2D eigenvalue weighted by molar-refractivity contribution is 6.30. The Morgan fingerprint density at radius 2 is 1.85 bits per heavy atom. The Morgan fingerprint density at radius 1 is 1.19 bits per heavy atom. The number of hydrogen-bond acceptors (Lipinski definition) is 2. The number of hydrogen-bond donors (Lipinski definition) is 1. The van der Waals surface area contributed by atoms with Crippen molar-refractivity contribution in [1.29, 1.82) is 0 Å². The zero-order chi connectivity index (χ0) is 18.9. The monoisotopic (exact) mass is 383 g/mol. The summed E-state index contributed by atoms with van der Waals surface area (Å²) in [5.74, 6) is -0.797. The molecular formula is C18H17ClF3N3O. The Hall–Kier alpha value is -2.28. The molecule has 1 aromatic heterocycles. The van der Waals surface area contributed by atoms with E-state index in [0.717, 1.165) is 41.3 Å². The van der Waals surface area contributed by atoms with Gasteiger partial charge in [0.15, 0.2) is 5.69 Å². The molecule has 0 unspecified atom stereocenters. The van der Waals surface area contributed by atoms with E-state index in [4.69, 9.17) is 11.6 Å². The summed E-state index contributed by atoms with van der Waals surface area (Å²) in [6.45, 7) is 0. The van der Waals surface area contributed by atoms with Crippen LogP contribution in [0.15, 0.2) is 36.2 Å². The molecule has 0 saturated heterocycles. The highest BCUT2D eigenvalue weighted by atomic mass is 35.5. The van der Waals surface area contributed by atoms with Crippen molar-refractivity contribution in [1.82, 2.24) is 15.1 Å². The summed E-state index contributed by atoms with van der Waals surface area (Å²) in [7, 11) is 1.35. The van der Waals surface area contributed by atoms with E-state index < -0.39 is 23.3 Å². The first-order chi connectivity index (χ1) is 12.3. The first kappa shape index (κ1) is 18.5. The van der Waals surface area contributed by atoms with Crippen LogP contribution in [-0.4, -0.2) is 15.7 Å². The number of benzene rings is 1. The predicted molar refractivity (Wildman–Crippen MR) is 92.5 cm³/mol. The Morgan fingerprint density at radius 3 is 2.50 bits per heavy atom. The molecule has 1 aromatic carbocycles. The lowest BCUT2D eigenvalue weighted by Crippen LogP contribution is -2.27. The van der Waals surface area contributed by atoms with Gasteiger partial charge in [0.25, 0.3) is 5.91 Å². The Bertz CT molecular complexity index is 854. The van der Waals surface area contributed by atoms with Crippen LogP contribution in [0.5, 0.6) is 0 Å². The van der Waals surface area contributed by atoms with E-state index in [2.05, 4.69) is 10.4 Å². The largest absolute Gasteiger partial charge is 0.435 e. The SMILES string of the molecule is Cn1cc(C(=O)NC2=C(c3ccc(Cl)cc3)CCCC2)c(C(F)(F)F)n1. The maximum absolute atomic E-state index is 13.1. The molecule has 0 fully saturated rings. The number of allylic oxidation sites excluding steroid dienone is 2. The van der Waals surface area contributed by atoms with Crippen molar-refractivity contribution in [3.05, 3.63) is 58.0 Å². The summed E-state index contributed by atoms with van der Waals surface area (Å²) < 4.78 is 40.3. The lowest BCUT2D eigenvalue weighted by Gasteiger charge is -2.21. The van der Waals surface area contributed by atoms with Gasteiger partial charge >= 0.3 is 6.18 Å². The minimum Gasteiger partial charge on any atom is -0.325 e. The molecule has 0 bridgehead atoms. The maximum Gasteiger partial charge on any atom is 0.435 e. The number of carbonyl (C=O) groups excluding carboxylic acids is 1. The van der Waals surface area contributed by atoms with Crippen molar-refractivity contribution in [2.24, 2.45) is 7.05 Å². The smallest absolute Gasteiger partial charge is 0.325 e. The molecule has 2 aromatic rings. The second-order valence-corrected chi connectivity index (χ2v) is 6.62. The number of carbonyl (C=O) groups is 1. The van der Waals surface area contributed by atoms with E-state index in [-0.39, 0.29) is 0 Å². The number of rotatable bonds is 3. The highest BCUT2D eigenvalue weighted by Crippen LogP contribution is 2.33. The van der Waals surface area contributed by atoms with Crippen molar-refractivity contribution < 1.29 is 18.0 Å². The van der Waals surface area contributed by atoms with Crippen LogP contribution in [0.3, 0.4) is 0 Å². The number of halogens is 4. The first-order valence-electron chi connectivity index (χ1n) is 8.16. The van der Waals surface area contributed by atoms with Crippen molar-refractivity contribution in [3.8, 4) is 0 Å². The minimum absolute atomic E-state index is 0.478. The van der Waals surface area contributed by atoms with Gasteiger partial charge in [-0.25, -0.2) is 0 Å². The summed E-state index contributed by atoms with van der Waals surface area (Å²) in [6.07, 6.45) is -0.428. The molecule has 4 nitrogen and oxygen atoms in total. The fourth-order valence-electron chi connectivity index (χ4n) is 3.08. The maximum atomic E-state index is 13.1. The topological polar surface area (TPSA) is 46.9 Å². The van der Waals surface area contributed by atoms with Crippen LogP contribution in [0, 0.1) is 0 Å². The number of nitrogens with one attached hydrogen (secondary N) is 1. The fourth-order valence-corrected chi connectivity index (χ4v) is 3.21. The van der Waals surface area contributed by atoms with Crippen LogP contribution < -0.4 is 5.32 Å². The quantitative estimate of drug-likeness (QED) is 0.827. The summed E-state index contributed by atoms with van der Waals surface area (Å²) in [5, 5.41) is 6.66. The van der Waals surface area contributed by atoms with E-state index in [1.807, 2.05) is 12.1 Å². The lowest BCUT2D eigenvalue weighted by molar-refractivity contribution is -0.141. The van der Waals surface area contributed by atoms with E-state index >= 15 is 0 Å². The third-order valence-corrected chi connectivity index (χ3v) is 4.52. The van der Waals surface area contributed by atoms with Gasteiger partial charge in [-0.2, -0.15) is 18.3 Å². The van der Waals surface area contributed by atoms with E-state index in [1.54, 1.807) is 12.1 Å². The van der Waals surface area contributed by atoms with Crippen LogP contribution in [0.4, 0.5) is 13.2 Å². The molecule has 0 radical (unpaired) electrons. The molecule has 0 atom stereocenters. The summed E-state index contributed by atoms with van der Waals surface area (Å²) in [6, 6.07) is 7.20. The Labute approximate surface area is 153 Å². The van der Waals surface area contributed by atoms with Crippen molar-refractivity contribution in [2.45, 2.75) is 31.9 Å². The van der Waals surface area contributed by atoms with Gasteiger partial charge in [0.1, 0.15) is 0 Å². The molecule has 0 aliphatic heterocycles. The third-order valence-electron chi connectivity index (χ3n) is 4.27. The predicted octanol–water partition coefficient (Wildman–Crippen LogP) is 4.81. The third kappa shape index (κ3) is 3.93. The number of aryl methyl sites for hydroxylation is 1. The molecule has 8 heteroatoms. The zero-order valence-corrected chi connectivity index (χ0v) is 14.8. The normalized spacial score (nSPS) is 15.3. The van der Waals surface area contributed by atoms with Crippen LogP contribution in [0.2, 0.25) is 5.02 Å². The van der Waals surface area contributed by atoms with Gasteiger partial charge in [-0.1, -0.05) is 23.7 Å².